The van der Waals surface area contributed by atoms with Gasteiger partial charge in [0.2, 0.25) is 11.0 Å². The first-order valence-corrected chi connectivity index (χ1v) is 8.42. The molecule has 1 amide bonds. The number of hydrogen-bond acceptors (Lipinski definition) is 7. The van der Waals surface area contributed by atoms with Crippen molar-refractivity contribution in [3.05, 3.63) is 33.1 Å². The van der Waals surface area contributed by atoms with Gasteiger partial charge in [-0.15, -0.1) is 21.5 Å². The fourth-order valence-corrected chi connectivity index (χ4v) is 3.32. The Morgan fingerprint density at radius 3 is 3.05 bits per heavy atom. The molecule has 0 radical (unpaired) electrons. The molecule has 0 unspecified atom stereocenters. The number of thiophene rings is 1. The molecule has 0 aromatic carbocycles. The number of aryl methyl sites for hydroxylation is 2. The Balaban J connectivity index is 1.64. The summed E-state index contributed by atoms with van der Waals surface area (Å²) in [5, 5.41) is 14.3. The van der Waals surface area contributed by atoms with Crippen LogP contribution < -0.4 is 10.9 Å². The van der Waals surface area contributed by atoms with Crippen LogP contribution in [0.5, 0.6) is 0 Å². The van der Waals surface area contributed by atoms with E-state index >= 15 is 0 Å². The van der Waals surface area contributed by atoms with Crippen LogP contribution in [0.2, 0.25) is 0 Å². The van der Waals surface area contributed by atoms with Gasteiger partial charge < -0.3 is 5.32 Å². The van der Waals surface area contributed by atoms with Crippen molar-refractivity contribution in [3.8, 4) is 0 Å². The third-order valence-electron chi connectivity index (χ3n) is 3.05. The minimum Gasteiger partial charge on any atom is -0.300 e. The molecule has 3 heterocycles. The summed E-state index contributed by atoms with van der Waals surface area (Å²) in [5.74, 6) is -0.198. The molecule has 0 saturated carbocycles. The molecule has 0 fully saturated rings. The molecule has 3 rings (SSSR count). The van der Waals surface area contributed by atoms with E-state index in [2.05, 4.69) is 20.5 Å². The van der Waals surface area contributed by atoms with Crippen LogP contribution in [-0.2, 0) is 17.8 Å². The van der Waals surface area contributed by atoms with Crippen molar-refractivity contribution in [1.82, 2.24) is 19.7 Å². The van der Waals surface area contributed by atoms with Crippen molar-refractivity contribution in [2.75, 3.05) is 5.32 Å². The lowest BCUT2D eigenvalue weighted by Gasteiger charge is -2.04. The minimum atomic E-state index is -0.198. The largest absolute Gasteiger partial charge is 0.300 e. The zero-order valence-corrected chi connectivity index (χ0v) is 13.4. The van der Waals surface area contributed by atoms with Gasteiger partial charge in [-0.2, -0.15) is 0 Å². The SMILES string of the molecule is CCc1nnc(NC(=O)CCn2cnc3sccc3c2=O)s1. The Kier molecular flexibility index (Phi) is 4.25. The van der Waals surface area contributed by atoms with E-state index in [1.807, 2.05) is 12.3 Å². The first-order valence-electron chi connectivity index (χ1n) is 6.72. The number of fused-ring (bicyclic) bond motifs is 1. The Morgan fingerprint density at radius 2 is 2.27 bits per heavy atom. The van der Waals surface area contributed by atoms with Gasteiger partial charge in [0.05, 0.1) is 11.7 Å². The maximum Gasteiger partial charge on any atom is 0.262 e. The van der Waals surface area contributed by atoms with Gasteiger partial charge in [0.25, 0.3) is 5.56 Å². The second kappa shape index (κ2) is 6.32. The monoisotopic (exact) mass is 335 g/mol. The van der Waals surface area contributed by atoms with Crippen LogP contribution in [0.25, 0.3) is 10.2 Å². The van der Waals surface area contributed by atoms with Crippen LogP contribution in [0.4, 0.5) is 5.13 Å². The number of rotatable bonds is 5. The van der Waals surface area contributed by atoms with Gasteiger partial charge >= 0.3 is 0 Å². The van der Waals surface area contributed by atoms with E-state index < -0.39 is 0 Å². The standard InChI is InChI=1S/C13H13N5O2S2/c1-2-10-16-17-13(22-10)15-9(19)3-5-18-7-14-11-8(12(18)20)4-6-21-11/h4,6-7H,2-3,5H2,1H3,(H,15,17,19). The predicted molar refractivity (Wildman–Crippen MR) is 86.4 cm³/mol. The van der Waals surface area contributed by atoms with Crippen LogP contribution in [0.1, 0.15) is 18.4 Å². The lowest BCUT2D eigenvalue weighted by Crippen LogP contribution is -2.23. The summed E-state index contributed by atoms with van der Waals surface area (Å²) in [5.41, 5.74) is -0.122. The summed E-state index contributed by atoms with van der Waals surface area (Å²) < 4.78 is 1.45. The Hall–Kier alpha value is -2.13. The second-order valence-electron chi connectivity index (χ2n) is 4.54. The summed E-state index contributed by atoms with van der Waals surface area (Å²) in [4.78, 5) is 29.0. The highest BCUT2D eigenvalue weighted by molar-refractivity contribution is 7.16. The molecular weight excluding hydrogens is 322 g/mol. The first-order chi connectivity index (χ1) is 10.7. The number of aromatic nitrogens is 4. The van der Waals surface area contributed by atoms with Gasteiger partial charge in [0.1, 0.15) is 9.84 Å². The molecule has 22 heavy (non-hydrogen) atoms. The van der Waals surface area contributed by atoms with Crippen LogP contribution in [0, 0.1) is 0 Å². The molecule has 0 aliphatic rings. The topological polar surface area (TPSA) is 89.8 Å². The molecule has 7 nitrogen and oxygen atoms in total. The quantitative estimate of drug-likeness (QED) is 0.769. The number of anilines is 1. The van der Waals surface area contributed by atoms with Gasteiger partial charge in [-0.25, -0.2) is 4.98 Å². The van der Waals surface area contributed by atoms with Crippen LogP contribution >= 0.6 is 22.7 Å². The first kappa shape index (κ1) is 14.8. The average molecular weight is 335 g/mol. The summed E-state index contributed by atoms with van der Waals surface area (Å²) in [6.45, 7) is 2.26. The van der Waals surface area contributed by atoms with Crippen molar-refractivity contribution < 1.29 is 4.79 Å². The van der Waals surface area contributed by atoms with E-state index in [4.69, 9.17) is 0 Å². The third kappa shape index (κ3) is 3.04. The molecule has 1 N–H and O–H groups in total. The van der Waals surface area contributed by atoms with Crippen molar-refractivity contribution in [3.63, 3.8) is 0 Å². The van der Waals surface area contributed by atoms with Gasteiger partial charge in [0.15, 0.2) is 0 Å². The summed E-state index contributed by atoms with van der Waals surface area (Å²) >= 11 is 2.78. The highest BCUT2D eigenvalue weighted by atomic mass is 32.1. The number of hydrogen-bond donors (Lipinski definition) is 1. The van der Waals surface area contributed by atoms with E-state index in [1.165, 1.54) is 33.6 Å². The average Bonchev–Trinajstić information content (AvgIpc) is 3.15. The number of nitrogens with zero attached hydrogens (tertiary/aromatic N) is 4. The number of amides is 1. The fraction of sp³-hybridized carbons (Fsp3) is 0.308. The van der Waals surface area contributed by atoms with Crippen LogP contribution in [0.15, 0.2) is 22.6 Å². The maximum atomic E-state index is 12.2. The van der Waals surface area contributed by atoms with Crippen molar-refractivity contribution >= 4 is 43.9 Å². The Labute approximate surface area is 133 Å². The maximum absolute atomic E-state index is 12.2. The lowest BCUT2D eigenvalue weighted by atomic mass is 10.3. The molecule has 0 saturated heterocycles. The second-order valence-corrected chi connectivity index (χ2v) is 6.49. The van der Waals surface area contributed by atoms with E-state index in [0.29, 0.717) is 15.3 Å². The molecule has 0 spiro atoms. The minimum absolute atomic E-state index is 0.122. The van der Waals surface area contributed by atoms with Gasteiger partial charge in [-0.05, 0) is 17.9 Å². The number of carbonyl (C=O) groups is 1. The van der Waals surface area contributed by atoms with Crippen molar-refractivity contribution in [1.29, 1.82) is 0 Å². The third-order valence-corrected chi connectivity index (χ3v) is 4.85. The molecule has 114 valence electrons. The summed E-state index contributed by atoms with van der Waals surface area (Å²) in [6, 6.07) is 1.75. The number of nitrogens with one attached hydrogen (secondary N) is 1. The van der Waals surface area contributed by atoms with Gasteiger partial charge in [0, 0.05) is 13.0 Å². The van der Waals surface area contributed by atoms with Crippen molar-refractivity contribution in [2.24, 2.45) is 0 Å². The van der Waals surface area contributed by atoms with Gasteiger partial charge in [-0.1, -0.05) is 18.3 Å². The van der Waals surface area contributed by atoms with Crippen LogP contribution in [0.3, 0.4) is 0 Å². The highest BCUT2D eigenvalue weighted by Gasteiger charge is 2.09. The molecule has 3 aromatic heterocycles. The van der Waals surface area contributed by atoms with Crippen LogP contribution in [-0.4, -0.2) is 25.7 Å². The fourth-order valence-electron chi connectivity index (χ4n) is 1.90. The molecule has 0 bridgehead atoms. The van der Waals surface area contributed by atoms with E-state index in [1.54, 1.807) is 6.07 Å². The summed E-state index contributed by atoms with van der Waals surface area (Å²) in [7, 11) is 0. The Morgan fingerprint density at radius 1 is 1.41 bits per heavy atom. The zero-order valence-electron chi connectivity index (χ0n) is 11.8. The molecule has 9 heteroatoms. The van der Waals surface area contributed by atoms with E-state index in [-0.39, 0.29) is 24.4 Å². The van der Waals surface area contributed by atoms with Crippen molar-refractivity contribution in [2.45, 2.75) is 26.3 Å². The van der Waals surface area contributed by atoms with Gasteiger partial charge in [-0.3, -0.25) is 14.2 Å². The number of carbonyl (C=O) groups excluding carboxylic acids is 1. The molecule has 3 aromatic rings. The predicted octanol–water partition coefficient (Wildman–Crippen LogP) is 1.90. The van der Waals surface area contributed by atoms with E-state index in [9.17, 15) is 9.59 Å². The zero-order chi connectivity index (χ0) is 15.5. The lowest BCUT2D eigenvalue weighted by molar-refractivity contribution is -0.116. The Bertz CT molecular complexity index is 867. The molecular formula is C13H13N5O2S2. The van der Waals surface area contributed by atoms with E-state index in [0.717, 1.165) is 11.4 Å². The molecule has 0 aliphatic carbocycles. The molecule has 0 aliphatic heterocycles. The normalized spacial score (nSPS) is 11.0. The molecule has 0 atom stereocenters. The highest BCUT2D eigenvalue weighted by Crippen LogP contribution is 2.16. The summed E-state index contributed by atoms with van der Waals surface area (Å²) in [6.07, 6.45) is 2.45. The smallest absolute Gasteiger partial charge is 0.262 e.